The number of aromatic nitrogens is 1. The van der Waals surface area contributed by atoms with Gasteiger partial charge in [0.25, 0.3) is 0 Å². The Balaban J connectivity index is 3.32. The fourth-order valence-electron chi connectivity index (χ4n) is 1.08. The highest BCUT2D eigenvalue weighted by Gasteiger charge is 2.40. The molecular weight excluding hydrogens is 251 g/mol. The smallest absolute Gasteiger partial charge is 0.434 e. The minimum atomic E-state index is -4.92. The molecule has 1 heterocycles. The molecule has 0 amide bonds. The Bertz CT molecular complexity index is 495. The summed E-state index contributed by atoms with van der Waals surface area (Å²) in [6, 6.07) is 2.42. The van der Waals surface area contributed by atoms with Crippen molar-refractivity contribution in [3.8, 4) is 0 Å². The van der Waals surface area contributed by atoms with Crippen LogP contribution in [-0.2, 0) is 4.79 Å². The van der Waals surface area contributed by atoms with Gasteiger partial charge in [-0.25, -0.2) is 9.79 Å². The lowest BCUT2D eigenvalue weighted by Gasteiger charge is -2.10. The van der Waals surface area contributed by atoms with E-state index in [1.54, 1.807) is 0 Å². The van der Waals surface area contributed by atoms with Crippen molar-refractivity contribution < 1.29 is 23.1 Å². The van der Waals surface area contributed by atoms with Crippen LogP contribution in [0.3, 0.4) is 0 Å². The third-order valence-corrected chi connectivity index (χ3v) is 1.82. The van der Waals surface area contributed by atoms with Crippen molar-refractivity contribution in [3.63, 3.8) is 0 Å². The molecule has 0 bridgehead atoms. The van der Waals surface area contributed by atoms with Crippen molar-refractivity contribution >= 4 is 17.4 Å². The van der Waals surface area contributed by atoms with Gasteiger partial charge in [0.05, 0.1) is 5.69 Å². The summed E-state index contributed by atoms with van der Waals surface area (Å²) in [7, 11) is 0. The van der Waals surface area contributed by atoms with E-state index in [9.17, 15) is 18.0 Å². The first-order chi connectivity index (χ1) is 8.36. The lowest BCUT2D eigenvalue weighted by atomic mass is 10.1. The second-order valence-electron chi connectivity index (χ2n) is 3.05. The number of rotatable bonds is 3. The lowest BCUT2D eigenvalue weighted by Crippen LogP contribution is -2.29. The summed E-state index contributed by atoms with van der Waals surface area (Å²) in [6.45, 7) is 0. The van der Waals surface area contributed by atoms with Crippen LogP contribution in [-0.4, -0.2) is 27.9 Å². The van der Waals surface area contributed by atoms with E-state index in [1.807, 2.05) is 0 Å². The maximum Gasteiger partial charge on any atom is 0.434 e. The van der Waals surface area contributed by atoms with Gasteiger partial charge in [0.2, 0.25) is 0 Å². The van der Waals surface area contributed by atoms with E-state index in [0.29, 0.717) is 6.20 Å². The first kappa shape index (κ1) is 13.7. The molecule has 96 valence electrons. The zero-order chi connectivity index (χ0) is 13.8. The standard InChI is InChI=1S/C10H8F3N3O2/c11-10(12,13)8(7(5-14)9(17)18)16-6-1-3-15-4-2-6/h1-5H,14H2,(H,17,18)/b7-5+,16-8?. The number of nitrogens with zero attached hydrogens (tertiary/aromatic N) is 2. The van der Waals surface area contributed by atoms with E-state index in [2.05, 4.69) is 9.98 Å². The average Bonchev–Trinajstić information content (AvgIpc) is 2.28. The van der Waals surface area contributed by atoms with Crippen molar-refractivity contribution in [2.45, 2.75) is 6.18 Å². The molecule has 0 saturated heterocycles. The van der Waals surface area contributed by atoms with Gasteiger partial charge in [0, 0.05) is 18.6 Å². The molecule has 0 aliphatic heterocycles. The Hall–Kier alpha value is -2.38. The van der Waals surface area contributed by atoms with Gasteiger partial charge in [0.15, 0.2) is 5.71 Å². The minimum absolute atomic E-state index is 0.0714. The quantitative estimate of drug-likeness (QED) is 0.638. The molecule has 0 saturated carbocycles. The number of nitrogens with two attached hydrogens (primary N) is 1. The molecule has 18 heavy (non-hydrogen) atoms. The first-order valence-corrected chi connectivity index (χ1v) is 4.57. The zero-order valence-electron chi connectivity index (χ0n) is 8.85. The average molecular weight is 259 g/mol. The van der Waals surface area contributed by atoms with E-state index < -0.39 is 23.4 Å². The molecular formula is C10H8F3N3O2. The fraction of sp³-hybridized carbons (Fsp3) is 0.100. The molecule has 0 radical (unpaired) electrons. The van der Waals surface area contributed by atoms with Gasteiger partial charge < -0.3 is 10.8 Å². The highest BCUT2D eigenvalue weighted by atomic mass is 19.4. The molecule has 0 unspecified atom stereocenters. The Morgan fingerprint density at radius 3 is 2.33 bits per heavy atom. The highest BCUT2D eigenvalue weighted by Crippen LogP contribution is 2.25. The molecule has 0 spiro atoms. The molecule has 1 rings (SSSR count). The molecule has 0 aliphatic rings. The van der Waals surface area contributed by atoms with Crippen LogP contribution in [0.1, 0.15) is 0 Å². The summed E-state index contributed by atoms with van der Waals surface area (Å²) < 4.78 is 38.1. The van der Waals surface area contributed by atoms with Crippen LogP contribution in [0.5, 0.6) is 0 Å². The monoisotopic (exact) mass is 259 g/mol. The number of hydrogen-bond acceptors (Lipinski definition) is 4. The van der Waals surface area contributed by atoms with E-state index in [-0.39, 0.29) is 5.69 Å². The third kappa shape index (κ3) is 3.30. The molecule has 0 fully saturated rings. The maximum atomic E-state index is 12.7. The zero-order valence-corrected chi connectivity index (χ0v) is 8.85. The van der Waals surface area contributed by atoms with Gasteiger partial charge in [0.1, 0.15) is 5.57 Å². The van der Waals surface area contributed by atoms with E-state index in [0.717, 1.165) is 0 Å². The van der Waals surface area contributed by atoms with Crippen molar-refractivity contribution in [2.75, 3.05) is 0 Å². The van der Waals surface area contributed by atoms with Crippen molar-refractivity contribution in [1.29, 1.82) is 0 Å². The van der Waals surface area contributed by atoms with Crippen molar-refractivity contribution in [2.24, 2.45) is 10.7 Å². The number of pyridine rings is 1. The van der Waals surface area contributed by atoms with Crippen LogP contribution in [0.4, 0.5) is 18.9 Å². The number of carboxylic acid groups (broad SMARTS) is 1. The fourth-order valence-corrected chi connectivity index (χ4v) is 1.08. The normalized spacial score (nSPS) is 13.5. The SMILES string of the molecule is N/C=C(/C(=O)O)C(=Nc1ccncc1)C(F)(F)F. The third-order valence-electron chi connectivity index (χ3n) is 1.82. The van der Waals surface area contributed by atoms with Crippen LogP contribution in [0.25, 0.3) is 0 Å². The lowest BCUT2D eigenvalue weighted by molar-refractivity contribution is -0.132. The minimum Gasteiger partial charge on any atom is -0.478 e. The second kappa shape index (κ2) is 5.30. The molecule has 1 aromatic rings. The summed E-state index contributed by atoms with van der Waals surface area (Å²) in [5.74, 6) is -1.80. The van der Waals surface area contributed by atoms with Crippen LogP contribution in [0, 0.1) is 0 Å². The van der Waals surface area contributed by atoms with Gasteiger partial charge >= 0.3 is 12.1 Å². The molecule has 3 N–H and O–H groups in total. The summed E-state index contributed by atoms with van der Waals surface area (Å²) >= 11 is 0. The number of carbonyl (C=O) groups is 1. The number of aliphatic carboxylic acids is 1. The number of aliphatic imine (C=N–C) groups is 1. The molecule has 0 aliphatic carbocycles. The van der Waals surface area contributed by atoms with E-state index >= 15 is 0 Å². The molecule has 5 nitrogen and oxygen atoms in total. The summed E-state index contributed by atoms with van der Waals surface area (Å²) in [5, 5.41) is 8.64. The number of hydrogen-bond donors (Lipinski definition) is 2. The number of halogens is 3. The van der Waals surface area contributed by atoms with Gasteiger partial charge in [-0.2, -0.15) is 13.2 Å². The van der Waals surface area contributed by atoms with Crippen molar-refractivity contribution in [1.82, 2.24) is 4.98 Å². The van der Waals surface area contributed by atoms with E-state index in [4.69, 9.17) is 10.8 Å². The Labute approximate surface area is 99.5 Å². The summed E-state index contributed by atoms with van der Waals surface area (Å²) in [5.41, 5.74) is 2.14. The largest absolute Gasteiger partial charge is 0.478 e. The molecule has 1 aromatic heterocycles. The maximum absolute atomic E-state index is 12.7. The summed E-state index contributed by atoms with van der Waals surface area (Å²) in [6.07, 6.45) is -2.10. The predicted octanol–water partition coefficient (Wildman–Crippen LogP) is 1.64. The van der Waals surface area contributed by atoms with Crippen LogP contribution in [0.2, 0.25) is 0 Å². The molecule has 8 heteroatoms. The second-order valence-corrected chi connectivity index (χ2v) is 3.05. The molecule has 0 aromatic carbocycles. The van der Waals surface area contributed by atoms with Gasteiger partial charge in [-0.05, 0) is 12.1 Å². The van der Waals surface area contributed by atoms with Gasteiger partial charge in [-0.15, -0.1) is 0 Å². The first-order valence-electron chi connectivity index (χ1n) is 4.57. The van der Waals surface area contributed by atoms with Gasteiger partial charge in [-0.3, -0.25) is 4.98 Å². The van der Waals surface area contributed by atoms with Crippen LogP contribution in [0.15, 0.2) is 41.3 Å². The Morgan fingerprint density at radius 2 is 1.94 bits per heavy atom. The highest BCUT2D eigenvalue weighted by molar-refractivity contribution is 6.21. The van der Waals surface area contributed by atoms with Crippen LogP contribution >= 0.6 is 0 Å². The summed E-state index contributed by atoms with van der Waals surface area (Å²) in [4.78, 5) is 17.5. The topological polar surface area (TPSA) is 88.6 Å². The number of carboxylic acids is 1. The number of alkyl halides is 3. The molecule has 0 atom stereocenters. The Kier molecular flexibility index (Phi) is 4.03. The predicted molar refractivity (Wildman–Crippen MR) is 57.3 cm³/mol. The van der Waals surface area contributed by atoms with Crippen molar-refractivity contribution in [3.05, 3.63) is 36.3 Å². The van der Waals surface area contributed by atoms with E-state index in [1.165, 1.54) is 24.5 Å². The Morgan fingerprint density at radius 1 is 1.39 bits per heavy atom. The van der Waals surface area contributed by atoms with Gasteiger partial charge in [-0.1, -0.05) is 0 Å². The van der Waals surface area contributed by atoms with Crippen LogP contribution < -0.4 is 5.73 Å².